The third-order valence-electron chi connectivity index (χ3n) is 4.19. The molecular weight excluding hydrogens is 387 g/mol. The normalized spacial score (nSPS) is 20.2. The number of aliphatic hydroxyl groups excluding tert-OH is 1. The van der Waals surface area contributed by atoms with Crippen LogP contribution in [0.4, 0.5) is 0 Å². The van der Waals surface area contributed by atoms with Gasteiger partial charge in [-0.2, -0.15) is 0 Å². The Labute approximate surface area is 163 Å². The number of aromatic carboxylic acids is 1. The Kier molecular flexibility index (Phi) is 8.25. The highest BCUT2D eigenvalue weighted by Crippen LogP contribution is 2.25. The van der Waals surface area contributed by atoms with Gasteiger partial charge in [0.25, 0.3) is 0 Å². The van der Waals surface area contributed by atoms with Crippen molar-refractivity contribution in [2.75, 3.05) is 6.54 Å². The molecule has 25 heavy (non-hydrogen) atoms. The zero-order valence-corrected chi connectivity index (χ0v) is 15.8. The minimum absolute atomic E-state index is 0. The Bertz CT molecular complexity index is 761. The molecule has 5 nitrogen and oxygen atoms in total. The number of hydrogen-bond acceptors (Lipinski definition) is 3. The fourth-order valence-corrected chi connectivity index (χ4v) is 3.17. The summed E-state index contributed by atoms with van der Waals surface area (Å²) in [7, 11) is 0. The molecule has 1 aromatic carbocycles. The highest BCUT2D eigenvalue weighted by Gasteiger charge is 2.19. The molecule has 0 amide bonds. The van der Waals surface area contributed by atoms with Crippen LogP contribution in [-0.4, -0.2) is 39.4 Å². The lowest BCUT2D eigenvalue weighted by Crippen LogP contribution is -2.43. The van der Waals surface area contributed by atoms with E-state index in [0.29, 0.717) is 17.0 Å². The molecule has 2 heterocycles. The van der Waals surface area contributed by atoms with E-state index in [1.807, 2.05) is 16.7 Å². The summed E-state index contributed by atoms with van der Waals surface area (Å²) in [5.74, 6) is -0.954. The molecule has 2 aromatic rings. The third-order valence-corrected chi connectivity index (χ3v) is 4.43. The number of aromatic nitrogens is 1. The first kappa shape index (κ1) is 21.8. The molecule has 0 unspecified atom stereocenters. The maximum absolute atomic E-state index is 11.4. The van der Waals surface area contributed by atoms with Gasteiger partial charge in [0, 0.05) is 23.2 Å². The molecule has 0 saturated carbocycles. The second-order valence-electron chi connectivity index (χ2n) is 5.78. The molecule has 0 bridgehead atoms. The van der Waals surface area contributed by atoms with E-state index in [2.05, 4.69) is 5.32 Å². The number of carboxylic acids is 1. The number of rotatable bonds is 4. The van der Waals surface area contributed by atoms with Crippen molar-refractivity contribution < 1.29 is 15.0 Å². The Morgan fingerprint density at radius 3 is 2.84 bits per heavy atom. The second-order valence-corrected chi connectivity index (χ2v) is 6.22. The van der Waals surface area contributed by atoms with Gasteiger partial charge in [-0.05, 0) is 31.5 Å². The number of allylic oxidation sites excluding steroid dienone is 1. The van der Waals surface area contributed by atoms with Gasteiger partial charge in [0.1, 0.15) is 0 Å². The lowest BCUT2D eigenvalue weighted by molar-refractivity contribution is 0.0699. The van der Waals surface area contributed by atoms with Crippen LogP contribution in [0.5, 0.6) is 0 Å². The van der Waals surface area contributed by atoms with Crippen LogP contribution in [0.3, 0.4) is 0 Å². The van der Waals surface area contributed by atoms with Gasteiger partial charge in [0.2, 0.25) is 0 Å². The molecule has 1 saturated heterocycles. The number of fused-ring (bicyclic) bond motifs is 1. The Morgan fingerprint density at radius 1 is 1.40 bits per heavy atom. The van der Waals surface area contributed by atoms with Crippen LogP contribution in [0.15, 0.2) is 36.5 Å². The minimum Gasteiger partial charge on any atom is -0.478 e. The minimum atomic E-state index is -0.954. The van der Waals surface area contributed by atoms with Gasteiger partial charge in [0.05, 0.1) is 23.2 Å². The van der Waals surface area contributed by atoms with E-state index in [1.165, 1.54) is 0 Å². The van der Waals surface area contributed by atoms with Crippen LogP contribution in [0.25, 0.3) is 10.9 Å². The summed E-state index contributed by atoms with van der Waals surface area (Å²) in [4.78, 5) is 11.4. The Hall–Kier alpha value is -1.24. The molecule has 3 rings (SSSR count). The molecule has 1 aliphatic rings. The maximum atomic E-state index is 11.4. The van der Waals surface area contributed by atoms with Crippen molar-refractivity contribution in [2.24, 2.45) is 0 Å². The van der Waals surface area contributed by atoms with Crippen molar-refractivity contribution in [3.8, 4) is 0 Å². The standard InChI is InChI=1S/C17H19ClN2O3.2ClH/c18-11-5-6-12-13(17(22)23)10-20(15(12)9-11)8-2-3-14-16(21)4-1-7-19-14;;/h2-3,5-6,9-10,14,16,19,21H,1,4,7-8H2,(H,22,23);2*1H/b3-2+;;/t14-,16+;;/m1../s1. The number of aliphatic hydroxyl groups is 1. The Balaban J connectivity index is 0.00000156. The largest absolute Gasteiger partial charge is 0.478 e. The molecule has 8 heteroatoms. The van der Waals surface area contributed by atoms with Crippen molar-refractivity contribution >= 4 is 53.3 Å². The summed E-state index contributed by atoms with van der Waals surface area (Å²) < 4.78 is 1.86. The van der Waals surface area contributed by atoms with E-state index in [4.69, 9.17) is 11.6 Å². The highest BCUT2D eigenvalue weighted by molar-refractivity contribution is 6.31. The van der Waals surface area contributed by atoms with Gasteiger partial charge in [-0.3, -0.25) is 0 Å². The van der Waals surface area contributed by atoms with Gasteiger partial charge in [0.15, 0.2) is 0 Å². The molecule has 1 aromatic heterocycles. The predicted octanol–water partition coefficient (Wildman–Crippen LogP) is 3.51. The van der Waals surface area contributed by atoms with Gasteiger partial charge >= 0.3 is 5.97 Å². The molecule has 2 atom stereocenters. The zero-order valence-electron chi connectivity index (χ0n) is 13.4. The van der Waals surface area contributed by atoms with Crippen molar-refractivity contribution in [1.82, 2.24) is 9.88 Å². The number of hydrogen-bond donors (Lipinski definition) is 3. The van der Waals surface area contributed by atoms with E-state index < -0.39 is 5.97 Å². The topological polar surface area (TPSA) is 74.5 Å². The van der Waals surface area contributed by atoms with Crippen molar-refractivity contribution in [2.45, 2.75) is 31.5 Å². The predicted molar refractivity (Wildman–Crippen MR) is 105 cm³/mol. The molecule has 1 aliphatic heterocycles. The molecule has 1 fully saturated rings. The second kappa shape index (κ2) is 9.46. The van der Waals surface area contributed by atoms with Crippen molar-refractivity contribution in [3.63, 3.8) is 0 Å². The van der Waals surface area contributed by atoms with Crippen molar-refractivity contribution in [1.29, 1.82) is 0 Å². The molecule has 0 aliphatic carbocycles. The fraction of sp³-hybridized carbons (Fsp3) is 0.353. The number of piperidine rings is 1. The number of carboxylic acid groups (broad SMARTS) is 1. The number of benzene rings is 1. The first-order chi connectivity index (χ1) is 11.1. The van der Waals surface area contributed by atoms with Gasteiger partial charge in [-0.1, -0.05) is 29.8 Å². The average Bonchev–Trinajstić information content (AvgIpc) is 2.87. The van der Waals surface area contributed by atoms with Crippen LogP contribution in [0.1, 0.15) is 23.2 Å². The lowest BCUT2D eigenvalue weighted by atomic mass is 10.0. The quantitative estimate of drug-likeness (QED) is 0.678. The number of halogens is 3. The van der Waals surface area contributed by atoms with Gasteiger partial charge in [-0.15, -0.1) is 24.8 Å². The fourth-order valence-electron chi connectivity index (χ4n) is 3.00. The summed E-state index contributed by atoms with van der Waals surface area (Å²) in [6.07, 6.45) is 6.92. The van der Waals surface area contributed by atoms with E-state index in [-0.39, 0.29) is 42.5 Å². The third kappa shape index (κ3) is 4.90. The van der Waals surface area contributed by atoms with Crippen LogP contribution in [0.2, 0.25) is 5.02 Å². The molecular formula is C17H21Cl3N2O3. The maximum Gasteiger partial charge on any atom is 0.337 e. The summed E-state index contributed by atoms with van der Waals surface area (Å²) in [6.45, 7) is 1.42. The number of nitrogens with zero attached hydrogens (tertiary/aromatic N) is 1. The average molecular weight is 408 g/mol. The summed E-state index contributed by atoms with van der Waals surface area (Å²) in [5, 5.41) is 23.8. The first-order valence-corrected chi connectivity index (χ1v) is 8.04. The molecule has 3 N–H and O–H groups in total. The van der Waals surface area contributed by atoms with Gasteiger partial charge in [-0.25, -0.2) is 4.79 Å². The number of nitrogens with one attached hydrogen (secondary N) is 1. The molecule has 0 radical (unpaired) electrons. The van der Waals surface area contributed by atoms with Crippen LogP contribution < -0.4 is 5.32 Å². The van der Waals surface area contributed by atoms with E-state index in [0.717, 1.165) is 24.9 Å². The first-order valence-electron chi connectivity index (χ1n) is 7.66. The summed E-state index contributed by atoms with van der Waals surface area (Å²) in [5.41, 5.74) is 1.05. The monoisotopic (exact) mass is 406 g/mol. The summed E-state index contributed by atoms with van der Waals surface area (Å²) in [6, 6.07) is 5.14. The van der Waals surface area contributed by atoms with Crippen LogP contribution >= 0.6 is 36.4 Å². The smallest absolute Gasteiger partial charge is 0.337 e. The Morgan fingerprint density at radius 2 is 2.16 bits per heavy atom. The lowest BCUT2D eigenvalue weighted by Gasteiger charge is -2.26. The number of carbonyl (C=O) groups is 1. The van der Waals surface area contributed by atoms with E-state index in [1.54, 1.807) is 24.4 Å². The van der Waals surface area contributed by atoms with Crippen LogP contribution in [-0.2, 0) is 6.54 Å². The van der Waals surface area contributed by atoms with Crippen molar-refractivity contribution in [3.05, 3.63) is 47.1 Å². The zero-order chi connectivity index (χ0) is 16.4. The molecule has 138 valence electrons. The van der Waals surface area contributed by atoms with E-state index in [9.17, 15) is 15.0 Å². The SMILES string of the molecule is Cl.Cl.O=C(O)c1cn(C/C=C/[C@H]2NCCC[C@@H]2O)c2cc(Cl)ccc12. The highest BCUT2D eigenvalue weighted by atomic mass is 35.5. The summed E-state index contributed by atoms with van der Waals surface area (Å²) >= 11 is 6.03. The van der Waals surface area contributed by atoms with Crippen LogP contribution in [0, 0.1) is 0 Å². The van der Waals surface area contributed by atoms with Gasteiger partial charge < -0.3 is 20.1 Å². The molecule has 0 spiro atoms. The van der Waals surface area contributed by atoms with E-state index >= 15 is 0 Å².